The van der Waals surface area contributed by atoms with Crippen molar-refractivity contribution >= 4 is 15.8 Å². The van der Waals surface area contributed by atoms with Crippen LogP contribution in [0.15, 0.2) is 29.3 Å². The molecule has 1 heterocycles. The van der Waals surface area contributed by atoms with E-state index in [1.807, 2.05) is 32.0 Å². The Balaban J connectivity index is 2.04. The Labute approximate surface area is 157 Å². The molecule has 0 amide bonds. The normalized spacial score (nSPS) is 19.2. The van der Waals surface area contributed by atoms with Crippen LogP contribution in [0.1, 0.15) is 33.3 Å². The maximum Gasteiger partial charge on any atom is 0.194 e. The Morgan fingerprint density at radius 3 is 2.77 bits per heavy atom. The van der Waals surface area contributed by atoms with Gasteiger partial charge in [0.05, 0.1) is 17.1 Å². The number of rotatable bonds is 6. The van der Waals surface area contributed by atoms with Crippen LogP contribution in [0, 0.1) is 0 Å². The van der Waals surface area contributed by atoms with Crippen LogP contribution in [0.5, 0.6) is 5.75 Å². The second-order valence-corrected chi connectivity index (χ2v) is 9.81. The van der Waals surface area contributed by atoms with Gasteiger partial charge >= 0.3 is 0 Å². The SMILES string of the molecule is CCNC(=NCCc1cccc(OCC)c1)N1CCS(=O)(=O)C(C)(C)C1. The lowest BCUT2D eigenvalue weighted by Crippen LogP contribution is -2.57. The number of hydrogen-bond donors (Lipinski definition) is 1. The molecule has 1 aromatic rings. The highest BCUT2D eigenvalue weighted by Gasteiger charge is 2.40. The molecule has 0 spiro atoms. The van der Waals surface area contributed by atoms with Gasteiger partial charge in [0, 0.05) is 26.2 Å². The predicted octanol–water partition coefficient (Wildman–Crippen LogP) is 2.10. The number of ether oxygens (including phenoxy) is 1. The van der Waals surface area contributed by atoms with Crippen molar-refractivity contribution in [1.82, 2.24) is 10.2 Å². The lowest BCUT2D eigenvalue weighted by Gasteiger charge is -2.39. The standard InChI is InChI=1S/C19H31N3O3S/c1-5-20-18(22-12-13-26(23,24)19(3,4)15-22)21-11-10-16-8-7-9-17(14-16)25-6-2/h7-9,14H,5-6,10-13,15H2,1-4H3,(H,20,21). The second-order valence-electron chi connectivity index (χ2n) is 7.07. The monoisotopic (exact) mass is 381 g/mol. The summed E-state index contributed by atoms with van der Waals surface area (Å²) in [6.45, 7) is 10.6. The minimum absolute atomic E-state index is 0.167. The van der Waals surface area contributed by atoms with Crippen molar-refractivity contribution in [2.24, 2.45) is 4.99 Å². The molecule has 0 unspecified atom stereocenters. The van der Waals surface area contributed by atoms with Crippen molar-refractivity contribution in [2.75, 3.05) is 38.5 Å². The molecule has 1 fully saturated rings. The fourth-order valence-corrected chi connectivity index (χ4v) is 4.36. The molecule has 26 heavy (non-hydrogen) atoms. The molecule has 0 saturated carbocycles. The molecule has 1 aliphatic rings. The topological polar surface area (TPSA) is 71.0 Å². The van der Waals surface area contributed by atoms with Crippen LogP contribution in [-0.2, 0) is 16.3 Å². The van der Waals surface area contributed by atoms with Gasteiger partial charge in [0.2, 0.25) is 0 Å². The van der Waals surface area contributed by atoms with Crippen LogP contribution in [0.4, 0.5) is 0 Å². The summed E-state index contributed by atoms with van der Waals surface area (Å²) in [6, 6.07) is 8.06. The summed E-state index contributed by atoms with van der Waals surface area (Å²) in [4.78, 5) is 6.77. The maximum absolute atomic E-state index is 12.2. The van der Waals surface area contributed by atoms with E-state index in [-0.39, 0.29) is 5.75 Å². The van der Waals surface area contributed by atoms with E-state index in [0.29, 0.717) is 26.2 Å². The highest BCUT2D eigenvalue weighted by molar-refractivity contribution is 7.92. The molecule has 0 bridgehead atoms. The van der Waals surface area contributed by atoms with E-state index in [1.165, 1.54) is 5.56 Å². The number of guanidine groups is 1. The molecule has 6 nitrogen and oxygen atoms in total. The van der Waals surface area contributed by atoms with Crippen molar-refractivity contribution < 1.29 is 13.2 Å². The van der Waals surface area contributed by atoms with Crippen molar-refractivity contribution in [3.63, 3.8) is 0 Å². The summed E-state index contributed by atoms with van der Waals surface area (Å²) in [5.41, 5.74) is 1.18. The lowest BCUT2D eigenvalue weighted by atomic mass is 10.1. The first-order valence-electron chi connectivity index (χ1n) is 9.26. The quantitative estimate of drug-likeness (QED) is 0.604. The fourth-order valence-electron chi connectivity index (χ4n) is 3.00. The van der Waals surface area contributed by atoms with Gasteiger partial charge in [-0.15, -0.1) is 0 Å². The van der Waals surface area contributed by atoms with Gasteiger partial charge in [0.25, 0.3) is 0 Å². The van der Waals surface area contributed by atoms with Crippen LogP contribution in [0.25, 0.3) is 0 Å². The fraction of sp³-hybridized carbons (Fsp3) is 0.632. The summed E-state index contributed by atoms with van der Waals surface area (Å²) >= 11 is 0. The molecule has 0 aromatic heterocycles. The molecule has 0 radical (unpaired) electrons. The number of nitrogens with one attached hydrogen (secondary N) is 1. The van der Waals surface area contributed by atoms with E-state index < -0.39 is 14.6 Å². The molecule has 146 valence electrons. The Hall–Kier alpha value is -1.76. The summed E-state index contributed by atoms with van der Waals surface area (Å²) in [5, 5.41) is 3.29. The number of hydrogen-bond acceptors (Lipinski definition) is 4. The van der Waals surface area contributed by atoms with Gasteiger partial charge in [0.15, 0.2) is 15.8 Å². The van der Waals surface area contributed by atoms with Gasteiger partial charge in [-0.25, -0.2) is 8.42 Å². The van der Waals surface area contributed by atoms with Crippen LogP contribution in [0.3, 0.4) is 0 Å². The third-order valence-electron chi connectivity index (χ3n) is 4.55. The summed E-state index contributed by atoms with van der Waals surface area (Å²) in [5.74, 6) is 1.83. The van der Waals surface area contributed by atoms with Gasteiger partial charge in [-0.1, -0.05) is 12.1 Å². The first kappa shape index (κ1) is 20.6. The van der Waals surface area contributed by atoms with Crippen LogP contribution < -0.4 is 10.1 Å². The van der Waals surface area contributed by atoms with E-state index in [1.54, 1.807) is 13.8 Å². The van der Waals surface area contributed by atoms with Gasteiger partial charge in [-0.05, 0) is 51.8 Å². The maximum atomic E-state index is 12.2. The highest BCUT2D eigenvalue weighted by Crippen LogP contribution is 2.23. The number of benzene rings is 1. The second kappa shape index (κ2) is 8.75. The third-order valence-corrected chi connectivity index (χ3v) is 7.08. The van der Waals surface area contributed by atoms with Gasteiger partial charge in [-0.2, -0.15) is 0 Å². The summed E-state index contributed by atoms with van der Waals surface area (Å²) < 4.78 is 29.2. The van der Waals surface area contributed by atoms with Crippen molar-refractivity contribution in [3.05, 3.63) is 29.8 Å². The zero-order valence-corrected chi connectivity index (χ0v) is 17.1. The van der Waals surface area contributed by atoms with Crippen LogP contribution in [0.2, 0.25) is 0 Å². The minimum Gasteiger partial charge on any atom is -0.494 e. The molecular weight excluding hydrogens is 350 g/mol. The van der Waals surface area contributed by atoms with Gasteiger partial charge in [0.1, 0.15) is 5.75 Å². The largest absolute Gasteiger partial charge is 0.494 e. The molecule has 0 atom stereocenters. The first-order chi connectivity index (χ1) is 12.3. The van der Waals surface area contributed by atoms with E-state index in [9.17, 15) is 8.42 Å². The van der Waals surface area contributed by atoms with Crippen molar-refractivity contribution in [3.8, 4) is 5.75 Å². The van der Waals surface area contributed by atoms with E-state index in [4.69, 9.17) is 9.73 Å². The summed E-state index contributed by atoms with van der Waals surface area (Å²) in [6.07, 6.45) is 0.811. The Morgan fingerprint density at radius 2 is 2.12 bits per heavy atom. The Bertz CT molecular complexity index is 729. The smallest absolute Gasteiger partial charge is 0.194 e. The first-order valence-corrected chi connectivity index (χ1v) is 10.9. The molecule has 1 aromatic carbocycles. The van der Waals surface area contributed by atoms with Crippen molar-refractivity contribution in [1.29, 1.82) is 0 Å². The zero-order chi connectivity index (χ0) is 19.2. The molecule has 0 aliphatic carbocycles. The van der Waals surface area contributed by atoms with E-state index in [0.717, 1.165) is 24.7 Å². The predicted molar refractivity (Wildman–Crippen MR) is 107 cm³/mol. The molecule has 2 rings (SSSR count). The number of aliphatic imine (C=N–C) groups is 1. The van der Waals surface area contributed by atoms with E-state index in [2.05, 4.69) is 16.3 Å². The van der Waals surface area contributed by atoms with Gasteiger partial charge < -0.3 is 15.0 Å². The summed E-state index contributed by atoms with van der Waals surface area (Å²) in [7, 11) is -3.05. The molecule has 7 heteroatoms. The zero-order valence-electron chi connectivity index (χ0n) is 16.3. The minimum atomic E-state index is -3.05. The molecule has 1 N–H and O–H groups in total. The molecule has 1 aliphatic heterocycles. The number of sulfone groups is 1. The Morgan fingerprint density at radius 1 is 1.35 bits per heavy atom. The molecule has 1 saturated heterocycles. The lowest BCUT2D eigenvalue weighted by molar-refractivity contribution is 0.340. The third kappa shape index (κ3) is 5.13. The average Bonchev–Trinajstić information content (AvgIpc) is 2.57. The van der Waals surface area contributed by atoms with Crippen LogP contribution in [-0.4, -0.2) is 62.6 Å². The van der Waals surface area contributed by atoms with Crippen molar-refractivity contribution in [2.45, 2.75) is 38.9 Å². The van der Waals surface area contributed by atoms with Gasteiger partial charge in [-0.3, -0.25) is 4.99 Å². The highest BCUT2D eigenvalue weighted by atomic mass is 32.2. The Kier molecular flexibility index (Phi) is 6.92. The molecular formula is C19H31N3O3S. The van der Waals surface area contributed by atoms with Crippen LogP contribution >= 0.6 is 0 Å². The number of nitrogens with zero attached hydrogens (tertiary/aromatic N) is 2. The van der Waals surface area contributed by atoms with E-state index >= 15 is 0 Å². The average molecular weight is 382 g/mol.